The van der Waals surface area contributed by atoms with Gasteiger partial charge in [0.15, 0.2) is 0 Å². The standard InChI is InChI=1S/C21H26N2O2/c1-15(2)23(12-13-24-4)14-20-16(3)25-21(22-20)19-11-7-9-17-8-5-6-10-18(17)19/h5-11,15H,12-14H2,1-4H3. The summed E-state index contributed by atoms with van der Waals surface area (Å²) in [6.07, 6.45) is 0. The number of aryl methyl sites for hydroxylation is 1. The van der Waals surface area contributed by atoms with E-state index >= 15 is 0 Å². The number of nitrogens with zero attached hydrogens (tertiary/aromatic N) is 2. The maximum absolute atomic E-state index is 6.02. The van der Waals surface area contributed by atoms with Gasteiger partial charge in [0.05, 0.1) is 12.3 Å². The zero-order valence-electron chi connectivity index (χ0n) is 15.5. The first kappa shape index (κ1) is 17.6. The van der Waals surface area contributed by atoms with Crippen molar-refractivity contribution in [1.29, 1.82) is 0 Å². The summed E-state index contributed by atoms with van der Waals surface area (Å²) in [5.41, 5.74) is 2.04. The van der Waals surface area contributed by atoms with Crippen LogP contribution in [0.25, 0.3) is 22.2 Å². The van der Waals surface area contributed by atoms with Gasteiger partial charge in [-0.3, -0.25) is 4.90 Å². The van der Waals surface area contributed by atoms with Crippen LogP contribution < -0.4 is 0 Å². The van der Waals surface area contributed by atoms with Crippen molar-refractivity contribution in [3.63, 3.8) is 0 Å². The number of benzene rings is 2. The quantitative estimate of drug-likeness (QED) is 0.628. The van der Waals surface area contributed by atoms with Crippen LogP contribution in [0.15, 0.2) is 46.9 Å². The molecule has 0 saturated carbocycles. The molecule has 0 bridgehead atoms. The second-order valence-electron chi connectivity index (χ2n) is 6.61. The van der Waals surface area contributed by atoms with Gasteiger partial charge in [-0.1, -0.05) is 36.4 Å². The highest BCUT2D eigenvalue weighted by Gasteiger charge is 2.17. The van der Waals surface area contributed by atoms with Crippen molar-refractivity contribution >= 4 is 10.8 Å². The van der Waals surface area contributed by atoms with E-state index in [9.17, 15) is 0 Å². The van der Waals surface area contributed by atoms with Crippen molar-refractivity contribution < 1.29 is 9.15 Å². The van der Waals surface area contributed by atoms with Crippen LogP contribution in [-0.2, 0) is 11.3 Å². The molecular formula is C21H26N2O2. The third-order valence-electron chi connectivity index (χ3n) is 4.58. The molecule has 2 aromatic carbocycles. The van der Waals surface area contributed by atoms with Gasteiger partial charge in [0.2, 0.25) is 5.89 Å². The van der Waals surface area contributed by atoms with Crippen molar-refractivity contribution in [2.75, 3.05) is 20.3 Å². The lowest BCUT2D eigenvalue weighted by atomic mass is 10.0. The van der Waals surface area contributed by atoms with Gasteiger partial charge < -0.3 is 9.15 Å². The molecule has 1 heterocycles. The van der Waals surface area contributed by atoms with Crippen LogP contribution >= 0.6 is 0 Å². The smallest absolute Gasteiger partial charge is 0.227 e. The Morgan fingerprint density at radius 2 is 1.88 bits per heavy atom. The molecule has 0 N–H and O–H groups in total. The Morgan fingerprint density at radius 3 is 2.64 bits per heavy atom. The molecule has 0 unspecified atom stereocenters. The Morgan fingerprint density at radius 1 is 1.12 bits per heavy atom. The van der Waals surface area contributed by atoms with Crippen LogP contribution in [0.1, 0.15) is 25.3 Å². The molecule has 0 saturated heterocycles. The van der Waals surface area contributed by atoms with E-state index in [-0.39, 0.29) is 0 Å². The lowest BCUT2D eigenvalue weighted by molar-refractivity contribution is 0.124. The summed E-state index contributed by atoms with van der Waals surface area (Å²) < 4.78 is 11.3. The van der Waals surface area contributed by atoms with Gasteiger partial charge in [0.1, 0.15) is 5.76 Å². The maximum atomic E-state index is 6.02. The molecule has 132 valence electrons. The topological polar surface area (TPSA) is 38.5 Å². The highest BCUT2D eigenvalue weighted by atomic mass is 16.5. The normalized spacial score (nSPS) is 11.8. The third kappa shape index (κ3) is 3.91. The summed E-state index contributed by atoms with van der Waals surface area (Å²) in [7, 11) is 1.73. The first-order valence-electron chi connectivity index (χ1n) is 8.77. The van der Waals surface area contributed by atoms with Crippen LogP contribution in [0, 0.1) is 6.92 Å². The average Bonchev–Trinajstić information content (AvgIpc) is 2.98. The minimum absolute atomic E-state index is 0.423. The van der Waals surface area contributed by atoms with Gasteiger partial charge in [-0.15, -0.1) is 0 Å². The van der Waals surface area contributed by atoms with Crippen LogP contribution in [0.3, 0.4) is 0 Å². The van der Waals surface area contributed by atoms with E-state index in [4.69, 9.17) is 14.1 Å². The molecule has 0 aliphatic rings. The Bertz CT molecular complexity index is 834. The molecule has 4 heteroatoms. The number of fused-ring (bicyclic) bond motifs is 1. The molecule has 3 rings (SSSR count). The second kappa shape index (κ2) is 7.81. The van der Waals surface area contributed by atoms with Crippen molar-refractivity contribution in [2.45, 2.75) is 33.4 Å². The third-order valence-corrected chi connectivity index (χ3v) is 4.58. The molecule has 1 aromatic heterocycles. The van der Waals surface area contributed by atoms with Gasteiger partial charge in [-0.25, -0.2) is 4.98 Å². The predicted octanol–water partition coefficient (Wildman–Crippen LogP) is 4.66. The number of methoxy groups -OCH3 is 1. The number of oxazole rings is 1. The van der Waals surface area contributed by atoms with Crippen molar-refractivity contribution in [3.05, 3.63) is 53.9 Å². The Balaban J connectivity index is 1.91. The van der Waals surface area contributed by atoms with E-state index < -0.39 is 0 Å². The van der Waals surface area contributed by atoms with E-state index in [0.717, 1.165) is 35.5 Å². The lowest BCUT2D eigenvalue weighted by Gasteiger charge is -2.25. The number of rotatable bonds is 7. The highest BCUT2D eigenvalue weighted by Crippen LogP contribution is 2.29. The summed E-state index contributed by atoms with van der Waals surface area (Å²) in [6, 6.07) is 15.0. The van der Waals surface area contributed by atoms with Gasteiger partial charge in [0.25, 0.3) is 0 Å². The fourth-order valence-electron chi connectivity index (χ4n) is 3.02. The minimum atomic E-state index is 0.423. The van der Waals surface area contributed by atoms with Crippen LogP contribution in [0.2, 0.25) is 0 Å². The lowest BCUT2D eigenvalue weighted by Crippen LogP contribution is -2.33. The Hall–Kier alpha value is -2.17. The first-order valence-corrected chi connectivity index (χ1v) is 8.77. The molecule has 0 atom stereocenters. The van der Waals surface area contributed by atoms with E-state index in [1.54, 1.807) is 7.11 Å². The van der Waals surface area contributed by atoms with Crippen molar-refractivity contribution in [1.82, 2.24) is 9.88 Å². The maximum Gasteiger partial charge on any atom is 0.227 e. The largest absolute Gasteiger partial charge is 0.441 e. The SMILES string of the molecule is COCCN(Cc1nc(-c2cccc3ccccc23)oc1C)C(C)C. The zero-order chi connectivity index (χ0) is 17.8. The first-order chi connectivity index (χ1) is 12.1. The fourth-order valence-corrected chi connectivity index (χ4v) is 3.02. The summed E-state index contributed by atoms with van der Waals surface area (Å²) in [5.74, 6) is 1.57. The molecule has 0 aliphatic heterocycles. The van der Waals surface area contributed by atoms with Gasteiger partial charge in [0, 0.05) is 31.8 Å². The molecule has 0 fully saturated rings. The number of ether oxygens (including phenoxy) is 1. The molecule has 25 heavy (non-hydrogen) atoms. The molecule has 0 radical (unpaired) electrons. The summed E-state index contributed by atoms with van der Waals surface area (Å²) >= 11 is 0. The Kier molecular flexibility index (Phi) is 5.51. The number of hydrogen-bond donors (Lipinski definition) is 0. The monoisotopic (exact) mass is 338 g/mol. The fraction of sp³-hybridized carbons (Fsp3) is 0.381. The minimum Gasteiger partial charge on any atom is -0.441 e. The van der Waals surface area contributed by atoms with Gasteiger partial charge in [-0.2, -0.15) is 0 Å². The average molecular weight is 338 g/mol. The van der Waals surface area contributed by atoms with Gasteiger partial charge >= 0.3 is 0 Å². The van der Waals surface area contributed by atoms with Crippen molar-refractivity contribution in [2.24, 2.45) is 0 Å². The van der Waals surface area contributed by atoms with Crippen LogP contribution in [-0.4, -0.2) is 36.2 Å². The molecule has 4 nitrogen and oxygen atoms in total. The van der Waals surface area contributed by atoms with E-state index in [1.165, 1.54) is 5.39 Å². The van der Waals surface area contributed by atoms with Crippen LogP contribution in [0.4, 0.5) is 0 Å². The molecule has 0 spiro atoms. The number of hydrogen-bond acceptors (Lipinski definition) is 4. The summed E-state index contributed by atoms with van der Waals surface area (Å²) in [4.78, 5) is 7.16. The van der Waals surface area contributed by atoms with Gasteiger partial charge in [-0.05, 0) is 37.6 Å². The number of aromatic nitrogens is 1. The summed E-state index contributed by atoms with van der Waals surface area (Å²) in [6.45, 7) is 8.73. The molecule has 0 aliphatic carbocycles. The molecular weight excluding hydrogens is 312 g/mol. The summed E-state index contributed by atoms with van der Waals surface area (Å²) in [5, 5.41) is 2.36. The van der Waals surface area contributed by atoms with Crippen molar-refractivity contribution in [3.8, 4) is 11.5 Å². The zero-order valence-corrected chi connectivity index (χ0v) is 15.5. The predicted molar refractivity (Wildman–Crippen MR) is 102 cm³/mol. The van der Waals surface area contributed by atoms with E-state index in [2.05, 4.69) is 55.1 Å². The second-order valence-corrected chi connectivity index (χ2v) is 6.61. The highest BCUT2D eigenvalue weighted by molar-refractivity contribution is 5.94. The molecule has 3 aromatic rings. The molecule has 0 amide bonds. The van der Waals surface area contributed by atoms with Crippen LogP contribution in [0.5, 0.6) is 0 Å². The van der Waals surface area contributed by atoms with E-state index in [1.807, 2.05) is 13.0 Å². The Labute approximate surface area is 149 Å². The van der Waals surface area contributed by atoms with E-state index in [0.29, 0.717) is 18.5 Å².